The van der Waals surface area contributed by atoms with Gasteiger partial charge in [0.1, 0.15) is 11.6 Å². The standard InChI is InChI=1S/C23H23FN4O2/c1-17-2-4-18(5-3-17)16-22(29)27-12-14-28(15-13-27)23-25-11-10-21(26-23)30-20-8-6-19(24)7-9-20/h2-11H,12-16H2,1H3. The Labute approximate surface area is 174 Å². The normalized spacial score (nSPS) is 13.9. The number of amides is 1. The fourth-order valence-electron chi connectivity index (χ4n) is 3.31. The van der Waals surface area contributed by atoms with Gasteiger partial charge in [-0.2, -0.15) is 4.98 Å². The number of anilines is 1. The number of hydrogen-bond acceptors (Lipinski definition) is 5. The van der Waals surface area contributed by atoms with Crippen LogP contribution in [0.2, 0.25) is 0 Å². The van der Waals surface area contributed by atoms with E-state index in [1.54, 1.807) is 24.4 Å². The highest BCUT2D eigenvalue weighted by molar-refractivity contribution is 5.79. The third-order valence-electron chi connectivity index (χ3n) is 5.04. The summed E-state index contributed by atoms with van der Waals surface area (Å²) >= 11 is 0. The van der Waals surface area contributed by atoms with E-state index in [0.717, 1.165) is 5.56 Å². The second-order valence-electron chi connectivity index (χ2n) is 7.28. The molecule has 1 amide bonds. The van der Waals surface area contributed by atoms with Gasteiger partial charge >= 0.3 is 0 Å². The van der Waals surface area contributed by atoms with Gasteiger partial charge in [-0.05, 0) is 36.8 Å². The molecule has 0 saturated carbocycles. The van der Waals surface area contributed by atoms with Crippen LogP contribution >= 0.6 is 0 Å². The fraction of sp³-hybridized carbons (Fsp3) is 0.261. The summed E-state index contributed by atoms with van der Waals surface area (Å²) in [5, 5.41) is 0. The lowest BCUT2D eigenvalue weighted by atomic mass is 10.1. The van der Waals surface area contributed by atoms with E-state index in [9.17, 15) is 9.18 Å². The lowest BCUT2D eigenvalue weighted by molar-refractivity contribution is -0.130. The molecule has 6 nitrogen and oxygen atoms in total. The van der Waals surface area contributed by atoms with Crippen molar-refractivity contribution < 1.29 is 13.9 Å². The van der Waals surface area contributed by atoms with Crippen molar-refractivity contribution in [2.75, 3.05) is 31.1 Å². The number of ether oxygens (including phenoxy) is 1. The summed E-state index contributed by atoms with van der Waals surface area (Å²) in [6.45, 7) is 4.58. The van der Waals surface area contributed by atoms with E-state index in [0.29, 0.717) is 50.2 Å². The third-order valence-corrected chi connectivity index (χ3v) is 5.04. The number of halogens is 1. The van der Waals surface area contributed by atoms with Crippen LogP contribution in [-0.2, 0) is 11.2 Å². The van der Waals surface area contributed by atoms with Gasteiger partial charge in [-0.1, -0.05) is 29.8 Å². The zero-order valence-corrected chi connectivity index (χ0v) is 16.8. The first kappa shape index (κ1) is 19.8. The van der Waals surface area contributed by atoms with Crippen LogP contribution in [0.4, 0.5) is 10.3 Å². The van der Waals surface area contributed by atoms with Crippen molar-refractivity contribution >= 4 is 11.9 Å². The largest absolute Gasteiger partial charge is 0.439 e. The van der Waals surface area contributed by atoms with Crippen molar-refractivity contribution in [3.63, 3.8) is 0 Å². The molecule has 1 aliphatic rings. The first-order valence-electron chi connectivity index (χ1n) is 9.91. The van der Waals surface area contributed by atoms with Gasteiger partial charge in [0.25, 0.3) is 0 Å². The minimum atomic E-state index is -0.319. The van der Waals surface area contributed by atoms with E-state index < -0.39 is 0 Å². The molecule has 0 N–H and O–H groups in total. The van der Waals surface area contributed by atoms with Gasteiger partial charge in [0.2, 0.25) is 17.7 Å². The molecular weight excluding hydrogens is 383 g/mol. The van der Waals surface area contributed by atoms with Crippen LogP contribution in [0.15, 0.2) is 60.8 Å². The molecule has 2 heterocycles. The number of carbonyl (C=O) groups excluding carboxylic acids is 1. The number of carbonyl (C=O) groups is 1. The van der Waals surface area contributed by atoms with Crippen LogP contribution in [-0.4, -0.2) is 47.0 Å². The lowest BCUT2D eigenvalue weighted by Crippen LogP contribution is -2.49. The third kappa shape index (κ3) is 4.92. The van der Waals surface area contributed by atoms with Crippen LogP contribution in [0.1, 0.15) is 11.1 Å². The first-order valence-corrected chi connectivity index (χ1v) is 9.91. The van der Waals surface area contributed by atoms with Gasteiger partial charge in [-0.15, -0.1) is 0 Å². The van der Waals surface area contributed by atoms with Crippen molar-refractivity contribution in [2.24, 2.45) is 0 Å². The Bertz CT molecular complexity index is 1000. The topological polar surface area (TPSA) is 58.6 Å². The average molecular weight is 406 g/mol. The second-order valence-corrected chi connectivity index (χ2v) is 7.28. The van der Waals surface area contributed by atoms with Gasteiger partial charge in [0.15, 0.2) is 0 Å². The molecule has 0 radical (unpaired) electrons. The molecule has 30 heavy (non-hydrogen) atoms. The van der Waals surface area contributed by atoms with Crippen LogP contribution in [0.25, 0.3) is 0 Å². The zero-order chi connectivity index (χ0) is 20.9. The summed E-state index contributed by atoms with van der Waals surface area (Å²) < 4.78 is 18.7. The number of hydrogen-bond donors (Lipinski definition) is 0. The Morgan fingerprint density at radius 3 is 2.40 bits per heavy atom. The molecule has 3 aromatic rings. The van der Waals surface area contributed by atoms with Gasteiger partial charge in [-0.3, -0.25) is 4.79 Å². The maximum Gasteiger partial charge on any atom is 0.228 e. The number of rotatable bonds is 5. The van der Waals surface area contributed by atoms with E-state index in [1.165, 1.54) is 17.7 Å². The Balaban J connectivity index is 1.34. The van der Waals surface area contributed by atoms with Crippen molar-refractivity contribution in [3.8, 4) is 11.6 Å². The molecule has 0 unspecified atom stereocenters. The Hall–Kier alpha value is -3.48. The van der Waals surface area contributed by atoms with Crippen LogP contribution in [0.3, 0.4) is 0 Å². The maximum atomic E-state index is 13.0. The molecule has 1 aromatic heterocycles. The molecule has 0 spiro atoms. The summed E-state index contributed by atoms with van der Waals surface area (Å²) in [5.41, 5.74) is 2.22. The van der Waals surface area contributed by atoms with Crippen molar-refractivity contribution in [2.45, 2.75) is 13.3 Å². The molecule has 154 valence electrons. The quantitative estimate of drug-likeness (QED) is 0.648. The van der Waals surface area contributed by atoms with Crippen molar-refractivity contribution in [1.82, 2.24) is 14.9 Å². The average Bonchev–Trinajstić information content (AvgIpc) is 2.77. The van der Waals surface area contributed by atoms with Gasteiger partial charge < -0.3 is 14.5 Å². The highest BCUT2D eigenvalue weighted by Crippen LogP contribution is 2.21. The molecule has 1 fully saturated rings. The Morgan fingerprint density at radius 1 is 1.00 bits per heavy atom. The minimum Gasteiger partial charge on any atom is -0.439 e. The molecule has 2 aromatic carbocycles. The second kappa shape index (κ2) is 8.90. The zero-order valence-electron chi connectivity index (χ0n) is 16.8. The highest BCUT2D eigenvalue weighted by atomic mass is 19.1. The monoisotopic (exact) mass is 406 g/mol. The summed E-state index contributed by atoms with van der Waals surface area (Å²) in [6.07, 6.45) is 2.05. The molecule has 0 aliphatic carbocycles. The van der Waals surface area contributed by atoms with Gasteiger partial charge in [0, 0.05) is 38.4 Å². The fourth-order valence-corrected chi connectivity index (χ4v) is 3.31. The number of aromatic nitrogens is 2. The van der Waals surface area contributed by atoms with Crippen LogP contribution < -0.4 is 9.64 Å². The first-order chi connectivity index (χ1) is 14.6. The molecule has 0 bridgehead atoms. The molecule has 7 heteroatoms. The Morgan fingerprint density at radius 2 is 1.70 bits per heavy atom. The van der Waals surface area contributed by atoms with Gasteiger partial charge in [0.05, 0.1) is 6.42 Å². The smallest absolute Gasteiger partial charge is 0.228 e. The highest BCUT2D eigenvalue weighted by Gasteiger charge is 2.23. The Kier molecular flexibility index (Phi) is 5.88. The summed E-state index contributed by atoms with van der Waals surface area (Å²) in [5.74, 6) is 1.27. The number of piperazine rings is 1. The SMILES string of the molecule is Cc1ccc(CC(=O)N2CCN(c3nccc(Oc4ccc(F)cc4)n3)CC2)cc1. The molecular formula is C23H23FN4O2. The van der Waals surface area contributed by atoms with E-state index >= 15 is 0 Å². The van der Waals surface area contributed by atoms with E-state index in [2.05, 4.69) is 9.97 Å². The molecule has 1 aliphatic heterocycles. The summed E-state index contributed by atoms with van der Waals surface area (Å²) in [7, 11) is 0. The predicted molar refractivity (Wildman–Crippen MR) is 112 cm³/mol. The number of nitrogens with zero attached hydrogens (tertiary/aromatic N) is 4. The predicted octanol–water partition coefficient (Wildman–Crippen LogP) is 3.61. The van der Waals surface area contributed by atoms with E-state index in [1.807, 2.05) is 41.0 Å². The van der Waals surface area contributed by atoms with Crippen LogP contribution in [0, 0.1) is 12.7 Å². The minimum absolute atomic E-state index is 0.132. The summed E-state index contributed by atoms with van der Waals surface area (Å²) in [4.78, 5) is 25.3. The number of benzene rings is 2. The molecule has 4 rings (SSSR count). The van der Waals surface area contributed by atoms with E-state index in [4.69, 9.17) is 4.74 Å². The van der Waals surface area contributed by atoms with Crippen LogP contribution in [0.5, 0.6) is 11.6 Å². The number of aryl methyl sites for hydroxylation is 1. The molecule has 0 atom stereocenters. The van der Waals surface area contributed by atoms with Crippen molar-refractivity contribution in [3.05, 3.63) is 77.7 Å². The maximum absolute atomic E-state index is 13.0. The van der Waals surface area contributed by atoms with E-state index in [-0.39, 0.29) is 11.7 Å². The lowest BCUT2D eigenvalue weighted by Gasteiger charge is -2.34. The van der Waals surface area contributed by atoms with Gasteiger partial charge in [-0.25, -0.2) is 9.37 Å². The summed E-state index contributed by atoms with van der Waals surface area (Å²) in [6, 6.07) is 15.5. The van der Waals surface area contributed by atoms with Crippen molar-refractivity contribution in [1.29, 1.82) is 0 Å². The molecule has 1 saturated heterocycles.